The molecule has 0 aliphatic rings. The van der Waals surface area contributed by atoms with Crippen LogP contribution >= 0.6 is 24.0 Å². The van der Waals surface area contributed by atoms with Crippen LogP contribution in [0.25, 0.3) is 0 Å². The zero-order chi connectivity index (χ0) is 14.1. The molecule has 1 atom stereocenters. The highest BCUT2D eigenvalue weighted by Gasteiger charge is 2.03. The molecule has 1 rings (SSSR count). The molecule has 0 heterocycles. The summed E-state index contributed by atoms with van der Waals surface area (Å²) in [5.74, 6) is 1.68. The monoisotopic (exact) mass is 409 g/mol. The van der Waals surface area contributed by atoms with Crippen molar-refractivity contribution >= 4 is 40.7 Å². The Hall–Kier alpha value is -0.630. The van der Waals surface area contributed by atoms with Gasteiger partial charge in [0, 0.05) is 35.4 Å². The zero-order valence-corrected chi connectivity index (χ0v) is 15.3. The molecule has 0 spiro atoms. The van der Waals surface area contributed by atoms with Gasteiger partial charge in [0.05, 0.1) is 6.54 Å². The largest absolute Gasteiger partial charge is 0.370 e. The molecule has 1 aromatic rings. The average molecular weight is 409 g/mol. The molecule has 2 N–H and O–H groups in total. The topological polar surface area (TPSA) is 58.7 Å². The molecule has 20 heavy (non-hydrogen) atoms. The molecule has 4 nitrogen and oxygen atoms in total. The van der Waals surface area contributed by atoms with Crippen molar-refractivity contribution in [1.82, 2.24) is 4.90 Å². The highest BCUT2D eigenvalue weighted by atomic mass is 127. The van der Waals surface area contributed by atoms with E-state index in [1.165, 1.54) is 0 Å². The fourth-order valence-electron chi connectivity index (χ4n) is 1.74. The first-order valence-corrected chi connectivity index (χ1v) is 8.10. The summed E-state index contributed by atoms with van der Waals surface area (Å²) in [6, 6.07) is 9.87. The molecular formula is C14H24IN3OS. The van der Waals surface area contributed by atoms with E-state index in [1.807, 2.05) is 49.1 Å². The molecule has 114 valence electrons. The van der Waals surface area contributed by atoms with Crippen molar-refractivity contribution in [1.29, 1.82) is 0 Å². The van der Waals surface area contributed by atoms with Gasteiger partial charge in [0.2, 0.25) is 0 Å². The van der Waals surface area contributed by atoms with E-state index in [1.54, 1.807) is 0 Å². The second-order valence-corrected chi connectivity index (χ2v) is 5.76. The second kappa shape index (κ2) is 11.1. The molecule has 1 unspecified atom stereocenters. The summed E-state index contributed by atoms with van der Waals surface area (Å²) in [7, 11) is -0.886. The van der Waals surface area contributed by atoms with Gasteiger partial charge in [-0.25, -0.2) is 0 Å². The highest BCUT2D eigenvalue weighted by molar-refractivity contribution is 14.0. The molecule has 0 bridgehead atoms. The van der Waals surface area contributed by atoms with Gasteiger partial charge in [-0.1, -0.05) is 30.3 Å². The van der Waals surface area contributed by atoms with Crippen LogP contribution in [0.4, 0.5) is 0 Å². The molecular weight excluding hydrogens is 385 g/mol. The Morgan fingerprint density at radius 1 is 1.25 bits per heavy atom. The third-order valence-corrected chi connectivity index (χ3v) is 4.14. The van der Waals surface area contributed by atoms with Crippen molar-refractivity contribution < 1.29 is 4.21 Å². The van der Waals surface area contributed by atoms with E-state index >= 15 is 0 Å². The van der Waals surface area contributed by atoms with Crippen LogP contribution in [0.5, 0.6) is 0 Å². The standard InChI is InChI=1S/C14H23N3OS.HI/c1-3-17(4-2)14(15)16-10-11-19(18)12-13-8-6-5-7-9-13;/h5-9H,3-4,10-12H2,1-2H3,(H2,15,16);1H. The third kappa shape index (κ3) is 7.23. The molecule has 0 saturated carbocycles. The SMILES string of the molecule is CCN(CC)C(N)=NCCS(=O)Cc1ccccc1.I. The van der Waals surface area contributed by atoms with Gasteiger partial charge in [-0.15, -0.1) is 24.0 Å². The van der Waals surface area contributed by atoms with Crippen molar-refractivity contribution in [2.45, 2.75) is 19.6 Å². The van der Waals surface area contributed by atoms with Gasteiger partial charge in [-0.3, -0.25) is 9.20 Å². The molecule has 0 fully saturated rings. The van der Waals surface area contributed by atoms with Crippen LogP contribution in [0.1, 0.15) is 19.4 Å². The van der Waals surface area contributed by atoms with Gasteiger partial charge in [0.15, 0.2) is 5.96 Å². The Balaban J connectivity index is 0.00000361. The lowest BCUT2D eigenvalue weighted by Crippen LogP contribution is -2.37. The summed E-state index contributed by atoms with van der Waals surface area (Å²) in [5, 5.41) is 0. The molecule has 0 saturated heterocycles. The minimum absolute atomic E-state index is 0. The third-order valence-electron chi connectivity index (χ3n) is 2.85. The molecule has 1 aromatic carbocycles. The number of hydrogen-bond donors (Lipinski definition) is 1. The quantitative estimate of drug-likeness (QED) is 0.427. The van der Waals surface area contributed by atoms with Crippen LogP contribution < -0.4 is 5.73 Å². The summed E-state index contributed by atoms with van der Waals surface area (Å²) in [6.07, 6.45) is 0. The number of nitrogens with two attached hydrogens (primary N) is 1. The van der Waals surface area contributed by atoms with Crippen LogP contribution in [0.2, 0.25) is 0 Å². The van der Waals surface area contributed by atoms with E-state index < -0.39 is 10.8 Å². The molecule has 0 aliphatic heterocycles. The minimum atomic E-state index is -0.886. The summed E-state index contributed by atoms with van der Waals surface area (Å²) >= 11 is 0. The Morgan fingerprint density at radius 3 is 2.40 bits per heavy atom. The highest BCUT2D eigenvalue weighted by Crippen LogP contribution is 2.02. The van der Waals surface area contributed by atoms with Crippen molar-refractivity contribution in [2.24, 2.45) is 10.7 Å². The average Bonchev–Trinajstić information content (AvgIpc) is 2.41. The van der Waals surface area contributed by atoms with E-state index in [-0.39, 0.29) is 24.0 Å². The van der Waals surface area contributed by atoms with Gasteiger partial charge in [-0.05, 0) is 19.4 Å². The Labute approximate surface area is 141 Å². The molecule has 0 amide bonds. The van der Waals surface area contributed by atoms with Gasteiger partial charge in [0.25, 0.3) is 0 Å². The van der Waals surface area contributed by atoms with E-state index in [0.29, 0.717) is 24.0 Å². The fraction of sp³-hybridized carbons (Fsp3) is 0.500. The maximum atomic E-state index is 11.9. The lowest BCUT2D eigenvalue weighted by molar-refractivity contribution is 0.458. The number of aliphatic imine (C=N–C) groups is 1. The van der Waals surface area contributed by atoms with Crippen LogP contribution in [0.15, 0.2) is 35.3 Å². The van der Waals surface area contributed by atoms with Crippen LogP contribution in [0, 0.1) is 0 Å². The second-order valence-electron chi connectivity index (χ2n) is 4.19. The molecule has 0 aromatic heterocycles. The summed E-state index contributed by atoms with van der Waals surface area (Å²) < 4.78 is 11.9. The predicted molar refractivity (Wildman–Crippen MR) is 98.0 cm³/mol. The van der Waals surface area contributed by atoms with E-state index in [0.717, 1.165) is 18.7 Å². The number of halogens is 1. The van der Waals surface area contributed by atoms with Gasteiger partial charge >= 0.3 is 0 Å². The maximum absolute atomic E-state index is 11.9. The summed E-state index contributed by atoms with van der Waals surface area (Å²) in [4.78, 5) is 6.26. The van der Waals surface area contributed by atoms with Gasteiger partial charge < -0.3 is 10.6 Å². The van der Waals surface area contributed by atoms with Gasteiger partial charge in [0.1, 0.15) is 0 Å². The number of hydrogen-bond acceptors (Lipinski definition) is 2. The van der Waals surface area contributed by atoms with Crippen molar-refractivity contribution in [3.05, 3.63) is 35.9 Å². The number of nitrogens with zero attached hydrogens (tertiary/aromatic N) is 2. The van der Waals surface area contributed by atoms with Crippen LogP contribution in [-0.4, -0.2) is 40.5 Å². The first-order chi connectivity index (χ1) is 9.17. The first-order valence-electron chi connectivity index (χ1n) is 6.61. The molecule has 0 radical (unpaired) electrons. The zero-order valence-electron chi connectivity index (χ0n) is 12.1. The number of benzene rings is 1. The number of guanidine groups is 1. The van der Waals surface area contributed by atoms with E-state index in [2.05, 4.69) is 4.99 Å². The van der Waals surface area contributed by atoms with Crippen LogP contribution in [-0.2, 0) is 16.6 Å². The first kappa shape index (κ1) is 19.4. The number of rotatable bonds is 7. The summed E-state index contributed by atoms with van der Waals surface area (Å²) in [6.45, 7) is 6.29. The van der Waals surface area contributed by atoms with Crippen LogP contribution in [0.3, 0.4) is 0 Å². The molecule has 0 aliphatic carbocycles. The molecule has 6 heteroatoms. The van der Waals surface area contributed by atoms with Crippen molar-refractivity contribution in [3.8, 4) is 0 Å². The predicted octanol–water partition coefficient (Wildman–Crippen LogP) is 2.21. The van der Waals surface area contributed by atoms with Gasteiger partial charge in [-0.2, -0.15) is 0 Å². The lowest BCUT2D eigenvalue weighted by Gasteiger charge is -2.19. The Kier molecular flexibility index (Phi) is 10.7. The maximum Gasteiger partial charge on any atom is 0.191 e. The minimum Gasteiger partial charge on any atom is -0.370 e. The van der Waals surface area contributed by atoms with E-state index in [9.17, 15) is 4.21 Å². The normalized spacial score (nSPS) is 12.6. The smallest absolute Gasteiger partial charge is 0.191 e. The van der Waals surface area contributed by atoms with Crippen molar-refractivity contribution in [3.63, 3.8) is 0 Å². The summed E-state index contributed by atoms with van der Waals surface area (Å²) in [5.41, 5.74) is 6.95. The Bertz CT molecular complexity index is 422. The Morgan fingerprint density at radius 2 is 1.85 bits per heavy atom. The van der Waals surface area contributed by atoms with E-state index in [4.69, 9.17) is 5.73 Å². The fourth-order valence-corrected chi connectivity index (χ4v) is 2.75. The van der Waals surface area contributed by atoms with Crippen molar-refractivity contribution in [2.75, 3.05) is 25.4 Å². The lowest BCUT2D eigenvalue weighted by atomic mass is 10.2.